The minimum Gasteiger partial charge on any atom is -0.321 e. The number of carbonyl (C=O) groups excluding carboxylic acids is 1. The van der Waals surface area contributed by atoms with E-state index in [9.17, 15) is 18.4 Å². The summed E-state index contributed by atoms with van der Waals surface area (Å²) < 4.78 is 28.6. The molecule has 2 aromatic carbocycles. The molecule has 152 valence electrons. The molecule has 2 heterocycles. The average Bonchev–Trinajstić information content (AvgIpc) is 3.04. The summed E-state index contributed by atoms with van der Waals surface area (Å²) in [4.78, 5) is 30.8. The summed E-state index contributed by atoms with van der Waals surface area (Å²) in [5.74, 6) is -1.23. The molecular weight excluding hydrogens is 408 g/mol. The topological polar surface area (TPSA) is 64.0 Å². The standard InChI is InChI=1S/C22H17F2N3O2S/c1-12-6-7-16(9-17(12)24)26-20(28)19-13(2)18-21(30-19)25-11-27(22(18)29)10-14-4-3-5-15(23)8-14/h3-9,11H,10H2,1-2H3,(H,26,28). The second-order valence-electron chi connectivity index (χ2n) is 6.96. The third-order valence-electron chi connectivity index (χ3n) is 4.80. The van der Waals surface area contributed by atoms with Crippen LogP contribution in [0.5, 0.6) is 0 Å². The largest absolute Gasteiger partial charge is 0.321 e. The predicted octanol–water partition coefficient (Wildman–Crippen LogP) is 4.65. The van der Waals surface area contributed by atoms with Gasteiger partial charge in [0.15, 0.2) is 0 Å². The van der Waals surface area contributed by atoms with Gasteiger partial charge in [-0.3, -0.25) is 14.2 Å². The van der Waals surface area contributed by atoms with Crippen molar-refractivity contribution in [1.82, 2.24) is 9.55 Å². The molecule has 0 aliphatic rings. The second kappa shape index (κ2) is 7.79. The molecule has 0 aliphatic carbocycles. The highest BCUT2D eigenvalue weighted by Gasteiger charge is 2.20. The highest BCUT2D eigenvalue weighted by Crippen LogP contribution is 2.28. The molecule has 0 saturated heterocycles. The van der Waals surface area contributed by atoms with Crippen molar-refractivity contribution in [2.75, 3.05) is 5.32 Å². The highest BCUT2D eigenvalue weighted by atomic mass is 32.1. The summed E-state index contributed by atoms with van der Waals surface area (Å²) >= 11 is 1.10. The Balaban J connectivity index is 1.68. The monoisotopic (exact) mass is 425 g/mol. The van der Waals surface area contributed by atoms with E-state index in [1.54, 1.807) is 38.1 Å². The number of halogens is 2. The number of nitrogens with one attached hydrogen (secondary N) is 1. The normalized spacial score (nSPS) is 11.1. The number of hydrogen-bond donors (Lipinski definition) is 1. The number of hydrogen-bond acceptors (Lipinski definition) is 4. The Morgan fingerprint density at radius 2 is 1.97 bits per heavy atom. The van der Waals surface area contributed by atoms with Gasteiger partial charge in [0.1, 0.15) is 16.5 Å². The molecule has 1 N–H and O–H groups in total. The van der Waals surface area contributed by atoms with Crippen LogP contribution in [0.2, 0.25) is 0 Å². The zero-order chi connectivity index (χ0) is 21.4. The van der Waals surface area contributed by atoms with Gasteiger partial charge in [0.05, 0.1) is 23.1 Å². The molecule has 0 atom stereocenters. The van der Waals surface area contributed by atoms with Crippen molar-refractivity contribution in [2.24, 2.45) is 0 Å². The predicted molar refractivity (Wildman–Crippen MR) is 113 cm³/mol. The fraction of sp³-hybridized carbons (Fsp3) is 0.136. The van der Waals surface area contributed by atoms with Crippen LogP contribution in [0.4, 0.5) is 14.5 Å². The van der Waals surface area contributed by atoms with E-state index in [4.69, 9.17) is 0 Å². The molecule has 0 spiro atoms. The molecule has 0 aliphatic heterocycles. The lowest BCUT2D eigenvalue weighted by Gasteiger charge is -2.06. The third kappa shape index (κ3) is 3.73. The summed E-state index contributed by atoms with van der Waals surface area (Å²) in [5.41, 5.74) is 1.64. The van der Waals surface area contributed by atoms with Crippen LogP contribution in [0.3, 0.4) is 0 Å². The minimum absolute atomic E-state index is 0.166. The van der Waals surface area contributed by atoms with Crippen LogP contribution < -0.4 is 10.9 Å². The molecule has 0 unspecified atom stereocenters. The zero-order valence-electron chi connectivity index (χ0n) is 16.2. The number of aryl methyl sites for hydroxylation is 2. The number of fused-ring (bicyclic) bond motifs is 1. The van der Waals surface area contributed by atoms with E-state index in [-0.39, 0.29) is 17.9 Å². The molecule has 0 saturated carbocycles. The first-order valence-corrected chi connectivity index (χ1v) is 9.95. The van der Waals surface area contributed by atoms with Crippen LogP contribution in [-0.2, 0) is 6.54 Å². The number of nitrogens with zero attached hydrogens (tertiary/aromatic N) is 2. The van der Waals surface area contributed by atoms with Crippen LogP contribution in [0.1, 0.15) is 26.4 Å². The quantitative estimate of drug-likeness (QED) is 0.518. The summed E-state index contributed by atoms with van der Waals surface area (Å²) in [6.45, 7) is 3.48. The average molecular weight is 425 g/mol. The number of benzene rings is 2. The number of carbonyl (C=O) groups is 1. The number of thiophene rings is 1. The van der Waals surface area contributed by atoms with Gasteiger partial charge >= 0.3 is 0 Å². The highest BCUT2D eigenvalue weighted by molar-refractivity contribution is 7.20. The molecule has 0 bridgehead atoms. The molecule has 0 radical (unpaired) electrons. The van der Waals surface area contributed by atoms with E-state index in [0.717, 1.165) is 11.3 Å². The first kappa shape index (κ1) is 19.9. The molecule has 0 fully saturated rings. The van der Waals surface area contributed by atoms with E-state index >= 15 is 0 Å². The van der Waals surface area contributed by atoms with Gasteiger partial charge in [-0.05, 0) is 54.8 Å². The van der Waals surface area contributed by atoms with Crippen LogP contribution in [0, 0.1) is 25.5 Å². The van der Waals surface area contributed by atoms with Crippen LogP contribution in [-0.4, -0.2) is 15.5 Å². The molecular formula is C22H17F2N3O2S. The smallest absolute Gasteiger partial charge is 0.266 e. The van der Waals surface area contributed by atoms with Crippen molar-refractivity contribution in [3.63, 3.8) is 0 Å². The van der Waals surface area contributed by atoms with Gasteiger partial charge in [-0.25, -0.2) is 13.8 Å². The van der Waals surface area contributed by atoms with E-state index in [1.807, 2.05) is 0 Å². The second-order valence-corrected chi connectivity index (χ2v) is 7.96. The fourth-order valence-electron chi connectivity index (χ4n) is 3.18. The number of amides is 1. The van der Waals surface area contributed by atoms with Crippen molar-refractivity contribution in [3.05, 3.63) is 92.3 Å². The van der Waals surface area contributed by atoms with Crippen molar-refractivity contribution < 1.29 is 13.6 Å². The lowest BCUT2D eigenvalue weighted by molar-refractivity contribution is 0.103. The number of rotatable bonds is 4. The Morgan fingerprint density at radius 1 is 1.17 bits per heavy atom. The number of aromatic nitrogens is 2. The van der Waals surface area contributed by atoms with Crippen molar-refractivity contribution in [1.29, 1.82) is 0 Å². The first-order chi connectivity index (χ1) is 14.3. The van der Waals surface area contributed by atoms with E-state index in [1.165, 1.54) is 29.1 Å². The van der Waals surface area contributed by atoms with Gasteiger partial charge < -0.3 is 5.32 Å². The maximum Gasteiger partial charge on any atom is 0.266 e. The molecule has 2 aromatic heterocycles. The van der Waals surface area contributed by atoms with Gasteiger partial charge in [-0.1, -0.05) is 18.2 Å². The SMILES string of the molecule is Cc1ccc(NC(=O)c2sc3ncn(Cc4cccc(F)c4)c(=O)c3c2C)cc1F. The van der Waals surface area contributed by atoms with Gasteiger partial charge in [-0.2, -0.15) is 0 Å². The third-order valence-corrected chi connectivity index (χ3v) is 5.99. The Kier molecular flexibility index (Phi) is 5.17. The Hall–Kier alpha value is -3.39. The summed E-state index contributed by atoms with van der Waals surface area (Å²) in [5, 5.41) is 3.01. The van der Waals surface area contributed by atoms with Gasteiger partial charge in [-0.15, -0.1) is 11.3 Å². The summed E-state index contributed by atoms with van der Waals surface area (Å²) in [7, 11) is 0. The Bertz CT molecular complexity index is 1340. The van der Waals surface area contributed by atoms with Crippen molar-refractivity contribution in [2.45, 2.75) is 20.4 Å². The first-order valence-electron chi connectivity index (χ1n) is 9.14. The van der Waals surface area contributed by atoms with Crippen LogP contribution >= 0.6 is 11.3 Å². The molecule has 30 heavy (non-hydrogen) atoms. The van der Waals surface area contributed by atoms with Gasteiger partial charge in [0.2, 0.25) is 0 Å². The summed E-state index contributed by atoms with van der Waals surface area (Å²) in [6.07, 6.45) is 1.39. The van der Waals surface area contributed by atoms with Crippen molar-refractivity contribution in [3.8, 4) is 0 Å². The van der Waals surface area contributed by atoms with Gasteiger partial charge in [0.25, 0.3) is 11.5 Å². The molecule has 4 rings (SSSR count). The molecule has 5 nitrogen and oxygen atoms in total. The maximum atomic E-state index is 13.8. The Morgan fingerprint density at radius 3 is 2.70 bits per heavy atom. The lowest BCUT2D eigenvalue weighted by Crippen LogP contribution is -2.21. The Labute approximate surface area is 174 Å². The minimum atomic E-state index is -0.435. The van der Waals surface area contributed by atoms with Crippen molar-refractivity contribution >= 4 is 33.1 Å². The molecule has 8 heteroatoms. The fourth-order valence-corrected chi connectivity index (χ4v) is 4.21. The van der Waals surface area contributed by atoms with Crippen LogP contribution in [0.15, 0.2) is 53.6 Å². The zero-order valence-corrected chi connectivity index (χ0v) is 17.0. The molecule has 1 amide bonds. The van der Waals surface area contributed by atoms with E-state index < -0.39 is 11.7 Å². The van der Waals surface area contributed by atoms with E-state index in [0.29, 0.717) is 37.5 Å². The van der Waals surface area contributed by atoms with Gasteiger partial charge in [0, 0.05) is 5.69 Å². The summed E-state index contributed by atoms with van der Waals surface area (Å²) in [6, 6.07) is 10.4. The molecule has 4 aromatic rings. The van der Waals surface area contributed by atoms with E-state index in [2.05, 4.69) is 10.3 Å². The lowest BCUT2D eigenvalue weighted by atomic mass is 10.2. The maximum absolute atomic E-state index is 13.8. The number of anilines is 1. The van der Waals surface area contributed by atoms with Crippen LogP contribution in [0.25, 0.3) is 10.2 Å².